The molecule has 2 amide bonds. The topological polar surface area (TPSA) is 88.9 Å². The molecule has 2 aromatic carbocycles. The van der Waals surface area contributed by atoms with E-state index < -0.39 is 0 Å². The number of rotatable bonds is 5. The number of aromatic nitrogens is 3. The standard InChI is InChI=1S/C21H22FN5O2/c1-12-9-13(2)19(14(3)10-12)24-21(29)20-15(4)27(26-25-20)11-18(28)23-17-7-5-16(22)6-8-17/h5-10H,11H2,1-4H3,(H,23,28)(H,24,29). The number of aryl methyl sites for hydroxylation is 3. The van der Waals surface area contributed by atoms with Gasteiger partial charge < -0.3 is 10.6 Å². The Bertz CT molecular complexity index is 1050. The third kappa shape index (κ3) is 4.66. The molecule has 0 saturated heterocycles. The highest BCUT2D eigenvalue weighted by Gasteiger charge is 2.19. The van der Waals surface area contributed by atoms with Crippen LogP contribution < -0.4 is 10.6 Å². The monoisotopic (exact) mass is 395 g/mol. The van der Waals surface area contributed by atoms with E-state index in [-0.39, 0.29) is 29.9 Å². The van der Waals surface area contributed by atoms with Gasteiger partial charge in [-0.2, -0.15) is 0 Å². The first-order chi connectivity index (χ1) is 13.7. The first-order valence-electron chi connectivity index (χ1n) is 9.09. The van der Waals surface area contributed by atoms with Crippen molar-refractivity contribution in [2.24, 2.45) is 0 Å². The molecule has 3 aromatic rings. The van der Waals surface area contributed by atoms with Crippen LogP contribution in [0.25, 0.3) is 0 Å². The Morgan fingerprint density at radius 1 is 1.00 bits per heavy atom. The molecule has 0 fully saturated rings. The highest BCUT2D eigenvalue weighted by atomic mass is 19.1. The van der Waals surface area contributed by atoms with Crippen molar-refractivity contribution in [3.63, 3.8) is 0 Å². The Hall–Kier alpha value is -3.55. The van der Waals surface area contributed by atoms with Crippen LogP contribution >= 0.6 is 0 Å². The van der Waals surface area contributed by atoms with Crippen LogP contribution in [0.5, 0.6) is 0 Å². The third-order valence-electron chi connectivity index (χ3n) is 4.53. The number of hydrogen-bond donors (Lipinski definition) is 2. The molecule has 0 spiro atoms. The van der Waals surface area contributed by atoms with Crippen LogP contribution in [-0.2, 0) is 11.3 Å². The smallest absolute Gasteiger partial charge is 0.278 e. The third-order valence-corrected chi connectivity index (χ3v) is 4.53. The molecule has 7 nitrogen and oxygen atoms in total. The van der Waals surface area contributed by atoms with Crippen LogP contribution in [-0.4, -0.2) is 26.8 Å². The second-order valence-electron chi connectivity index (χ2n) is 6.96. The van der Waals surface area contributed by atoms with Crippen LogP contribution in [0.15, 0.2) is 36.4 Å². The summed E-state index contributed by atoms with van der Waals surface area (Å²) in [4.78, 5) is 24.9. The number of carbonyl (C=O) groups is 2. The number of carbonyl (C=O) groups excluding carboxylic acids is 2. The minimum Gasteiger partial charge on any atom is -0.324 e. The minimum atomic E-state index is -0.386. The normalized spacial score (nSPS) is 10.7. The summed E-state index contributed by atoms with van der Waals surface area (Å²) >= 11 is 0. The number of benzene rings is 2. The van der Waals surface area contributed by atoms with Crippen LogP contribution in [0.2, 0.25) is 0 Å². The van der Waals surface area contributed by atoms with Gasteiger partial charge in [0.15, 0.2) is 5.69 Å². The van der Waals surface area contributed by atoms with Gasteiger partial charge >= 0.3 is 0 Å². The molecule has 0 atom stereocenters. The molecule has 0 bridgehead atoms. The van der Waals surface area contributed by atoms with E-state index in [1.807, 2.05) is 32.9 Å². The molecule has 0 aliphatic carbocycles. The van der Waals surface area contributed by atoms with Crippen LogP contribution in [0.3, 0.4) is 0 Å². The largest absolute Gasteiger partial charge is 0.324 e. The lowest BCUT2D eigenvalue weighted by atomic mass is 10.0. The van der Waals surface area contributed by atoms with Gasteiger partial charge in [0.1, 0.15) is 12.4 Å². The predicted molar refractivity (Wildman–Crippen MR) is 108 cm³/mol. The van der Waals surface area contributed by atoms with E-state index in [1.165, 1.54) is 28.9 Å². The average Bonchev–Trinajstić information content (AvgIpc) is 3.00. The fraction of sp³-hybridized carbons (Fsp3) is 0.238. The zero-order valence-electron chi connectivity index (χ0n) is 16.7. The van der Waals surface area contributed by atoms with E-state index in [1.54, 1.807) is 6.92 Å². The van der Waals surface area contributed by atoms with Crippen molar-refractivity contribution in [1.82, 2.24) is 15.0 Å². The summed E-state index contributed by atoms with van der Waals surface area (Å²) < 4.78 is 14.3. The first-order valence-corrected chi connectivity index (χ1v) is 9.09. The summed E-state index contributed by atoms with van der Waals surface area (Å²) in [5.74, 6) is -1.13. The van der Waals surface area contributed by atoms with Crippen LogP contribution in [0, 0.1) is 33.5 Å². The molecular formula is C21H22FN5O2. The Morgan fingerprint density at radius 2 is 1.62 bits per heavy atom. The van der Waals surface area contributed by atoms with Gasteiger partial charge in [-0.1, -0.05) is 22.9 Å². The zero-order chi connectivity index (χ0) is 21.1. The number of nitrogens with one attached hydrogen (secondary N) is 2. The van der Waals surface area contributed by atoms with Crippen LogP contribution in [0.1, 0.15) is 32.9 Å². The molecule has 0 unspecified atom stereocenters. The van der Waals surface area contributed by atoms with Crippen molar-refractivity contribution in [3.8, 4) is 0 Å². The number of nitrogens with zero attached hydrogens (tertiary/aromatic N) is 3. The lowest BCUT2D eigenvalue weighted by molar-refractivity contribution is -0.117. The number of halogens is 1. The predicted octanol–water partition coefficient (Wildman–Crippen LogP) is 3.54. The van der Waals surface area contributed by atoms with Gasteiger partial charge in [-0.05, 0) is 63.1 Å². The van der Waals surface area contributed by atoms with E-state index in [2.05, 4.69) is 20.9 Å². The Morgan fingerprint density at radius 3 is 2.24 bits per heavy atom. The molecule has 150 valence electrons. The summed E-state index contributed by atoms with van der Waals surface area (Å²) in [5, 5.41) is 13.4. The Kier molecular flexibility index (Phi) is 5.72. The highest BCUT2D eigenvalue weighted by Crippen LogP contribution is 2.22. The molecule has 29 heavy (non-hydrogen) atoms. The van der Waals surface area contributed by atoms with Crippen molar-refractivity contribution in [2.75, 3.05) is 10.6 Å². The second-order valence-corrected chi connectivity index (χ2v) is 6.96. The van der Waals surface area contributed by atoms with E-state index in [4.69, 9.17) is 0 Å². The molecule has 0 radical (unpaired) electrons. The summed E-state index contributed by atoms with van der Waals surface area (Å²) in [6.07, 6.45) is 0. The number of amides is 2. The van der Waals surface area contributed by atoms with Crippen molar-refractivity contribution in [1.29, 1.82) is 0 Å². The Balaban J connectivity index is 1.71. The molecule has 0 aliphatic rings. The maximum atomic E-state index is 13.0. The first kappa shape index (κ1) is 20.2. The lowest BCUT2D eigenvalue weighted by Crippen LogP contribution is -2.21. The highest BCUT2D eigenvalue weighted by molar-refractivity contribution is 6.04. The van der Waals surface area contributed by atoms with Crippen molar-refractivity contribution in [2.45, 2.75) is 34.2 Å². The van der Waals surface area contributed by atoms with Gasteiger partial charge in [0.2, 0.25) is 5.91 Å². The number of hydrogen-bond acceptors (Lipinski definition) is 4. The average molecular weight is 395 g/mol. The van der Waals surface area contributed by atoms with Gasteiger partial charge in [-0.15, -0.1) is 5.10 Å². The van der Waals surface area contributed by atoms with Gasteiger partial charge in [0.05, 0.1) is 5.69 Å². The van der Waals surface area contributed by atoms with E-state index in [0.29, 0.717) is 11.4 Å². The lowest BCUT2D eigenvalue weighted by Gasteiger charge is -2.12. The molecule has 8 heteroatoms. The second kappa shape index (κ2) is 8.22. The van der Waals surface area contributed by atoms with Crippen molar-refractivity contribution < 1.29 is 14.0 Å². The maximum Gasteiger partial charge on any atom is 0.278 e. The minimum absolute atomic E-state index is 0.119. The van der Waals surface area contributed by atoms with Gasteiger partial charge in [0.25, 0.3) is 5.91 Å². The molecule has 2 N–H and O–H groups in total. The Labute approximate surface area is 167 Å². The maximum absolute atomic E-state index is 13.0. The molecule has 0 saturated carbocycles. The molecular weight excluding hydrogens is 373 g/mol. The quantitative estimate of drug-likeness (QED) is 0.692. The summed E-state index contributed by atoms with van der Waals surface area (Å²) in [6, 6.07) is 9.43. The SMILES string of the molecule is Cc1cc(C)c(NC(=O)c2nnn(CC(=O)Nc3ccc(F)cc3)c2C)c(C)c1. The molecule has 1 heterocycles. The van der Waals surface area contributed by atoms with Gasteiger partial charge in [0, 0.05) is 11.4 Å². The van der Waals surface area contributed by atoms with Gasteiger partial charge in [-0.3, -0.25) is 9.59 Å². The van der Waals surface area contributed by atoms with E-state index >= 15 is 0 Å². The summed E-state index contributed by atoms with van der Waals surface area (Å²) in [6.45, 7) is 7.41. The van der Waals surface area contributed by atoms with Crippen molar-refractivity contribution >= 4 is 23.2 Å². The molecule has 0 aliphatic heterocycles. The van der Waals surface area contributed by atoms with Crippen LogP contribution in [0.4, 0.5) is 15.8 Å². The van der Waals surface area contributed by atoms with E-state index in [9.17, 15) is 14.0 Å². The molecule has 1 aromatic heterocycles. The molecule has 3 rings (SSSR count). The van der Waals surface area contributed by atoms with E-state index in [0.717, 1.165) is 22.4 Å². The fourth-order valence-electron chi connectivity index (χ4n) is 3.14. The fourth-order valence-corrected chi connectivity index (χ4v) is 3.14. The summed E-state index contributed by atoms with van der Waals surface area (Å²) in [5.41, 5.74) is 4.87. The zero-order valence-corrected chi connectivity index (χ0v) is 16.7. The van der Waals surface area contributed by atoms with Crippen molar-refractivity contribution in [3.05, 3.63) is 70.3 Å². The van der Waals surface area contributed by atoms with Gasteiger partial charge in [-0.25, -0.2) is 9.07 Å². The summed E-state index contributed by atoms with van der Waals surface area (Å²) in [7, 11) is 0. The number of anilines is 2.